The van der Waals surface area contributed by atoms with Gasteiger partial charge in [-0.1, -0.05) is 11.6 Å². The van der Waals surface area contributed by atoms with Crippen LogP contribution in [-0.4, -0.2) is 33.4 Å². The number of rotatable bonds is 6. The summed E-state index contributed by atoms with van der Waals surface area (Å²) in [4.78, 5) is 28.9. The molecule has 1 aromatic carbocycles. The predicted molar refractivity (Wildman–Crippen MR) is 133 cm³/mol. The molecule has 178 valence electrons. The minimum Gasteiger partial charge on any atom is -0.422 e. The standard InChI is InChI=1S/C25H26ClN3O4S/c26-17-11-15-1-4-22(31)33-23(15)16(12-17)5-8-25(32)9-6-18(7-10-25)27-13-19-2-3-20-24(28-19)29-21(30)14-34-20/h1-4,11-12,18,27,32H,5-10,13-14H2,(H,28,29,30). The molecule has 5 rings (SSSR count). The summed E-state index contributed by atoms with van der Waals surface area (Å²) in [6.07, 6.45) is 4.27. The number of pyridine rings is 1. The van der Waals surface area contributed by atoms with Gasteiger partial charge in [0.1, 0.15) is 11.4 Å². The lowest BCUT2D eigenvalue weighted by molar-refractivity contribution is -0.113. The van der Waals surface area contributed by atoms with E-state index in [-0.39, 0.29) is 5.91 Å². The summed E-state index contributed by atoms with van der Waals surface area (Å²) in [7, 11) is 0. The maximum absolute atomic E-state index is 11.7. The third-order valence-electron chi connectivity index (χ3n) is 6.64. The minimum absolute atomic E-state index is 0.0189. The maximum atomic E-state index is 11.7. The zero-order valence-electron chi connectivity index (χ0n) is 18.6. The van der Waals surface area contributed by atoms with Gasteiger partial charge < -0.3 is 20.2 Å². The van der Waals surface area contributed by atoms with Gasteiger partial charge in [-0.2, -0.15) is 0 Å². The van der Waals surface area contributed by atoms with E-state index >= 15 is 0 Å². The smallest absolute Gasteiger partial charge is 0.336 e. The second-order valence-corrected chi connectivity index (χ2v) is 10.6. The molecule has 9 heteroatoms. The lowest BCUT2D eigenvalue weighted by Crippen LogP contribution is -2.41. The van der Waals surface area contributed by atoms with E-state index in [9.17, 15) is 14.7 Å². The summed E-state index contributed by atoms with van der Waals surface area (Å²) in [5, 5.41) is 18.9. The number of nitrogens with zero attached hydrogens (tertiary/aromatic N) is 1. The van der Waals surface area contributed by atoms with Gasteiger partial charge in [0.25, 0.3) is 0 Å². The van der Waals surface area contributed by atoms with Crippen LogP contribution in [0.25, 0.3) is 11.0 Å². The number of thioether (sulfide) groups is 1. The maximum Gasteiger partial charge on any atom is 0.336 e. The number of carbonyl (C=O) groups is 1. The van der Waals surface area contributed by atoms with E-state index in [0.29, 0.717) is 60.4 Å². The van der Waals surface area contributed by atoms with Gasteiger partial charge >= 0.3 is 5.63 Å². The Morgan fingerprint density at radius 3 is 2.85 bits per heavy atom. The molecule has 7 nitrogen and oxygen atoms in total. The number of anilines is 1. The monoisotopic (exact) mass is 499 g/mol. The van der Waals surface area contributed by atoms with Crippen molar-refractivity contribution in [1.29, 1.82) is 0 Å². The molecule has 1 saturated carbocycles. The number of hydrogen-bond donors (Lipinski definition) is 3. The normalized spacial score (nSPS) is 22.4. The van der Waals surface area contributed by atoms with Crippen molar-refractivity contribution in [2.45, 2.75) is 61.6 Å². The molecule has 0 radical (unpaired) electrons. The molecule has 1 aliphatic heterocycles. The zero-order chi connectivity index (χ0) is 23.7. The van der Waals surface area contributed by atoms with Crippen LogP contribution in [0.3, 0.4) is 0 Å². The molecule has 3 heterocycles. The van der Waals surface area contributed by atoms with Crippen molar-refractivity contribution in [3.05, 3.63) is 63.1 Å². The van der Waals surface area contributed by atoms with E-state index in [2.05, 4.69) is 15.6 Å². The van der Waals surface area contributed by atoms with Crippen molar-refractivity contribution in [2.75, 3.05) is 11.1 Å². The molecule has 1 fully saturated rings. The number of amides is 1. The second kappa shape index (κ2) is 9.70. The summed E-state index contributed by atoms with van der Waals surface area (Å²) in [6, 6.07) is 11.0. The fourth-order valence-electron chi connectivity index (χ4n) is 4.73. The van der Waals surface area contributed by atoms with Crippen LogP contribution in [-0.2, 0) is 17.8 Å². The Labute approximate surface area is 206 Å². The third-order valence-corrected chi connectivity index (χ3v) is 7.91. The second-order valence-electron chi connectivity index (χ2n) is 9.10. The van der Waals surface area contributed by atoms with Crippen LogP contribution < -0.4 is 16.3 Å². The molecule has 0 atom stereocenters. The first-order chi connectivity index (χ1) is 16.4. The largest absolute Gasteiger partial charge is 0.422 e. The van der Waals surface area contributed by atoms with E-state index in [1.54, 1.807) is 12.1 Å². The Morgan fingerprint density at radius 1 is 1.21 bits per heavy atom. The number of halogens is 1. The average Bonchev–Trinajstić information content (AvgIpc) is 2.82. The number of fused-ring (bicyclic) bond motifs is 2. The molecule has 1 amide bonds. The highest BCUT2D eigenvalue weighted by Gasteiger charge is 2.33. The SMILES string of the molecule is O=C1CSc2ccc(CNC3CCC(O)(CCc4cc(Cl)cc5ccc(=O)oc45)CC3)nc2N1. The van der Waals surface area contributed by atoms with Gasteiger partial charge in [0.05, 0.1) is 21.9 Å². The molecular formula is C25H26ClN3O4S. The number of aryl methyl sites for hydroxylation is 1. The zero-order valence-corrected chi connectivity index (χ0v) is 20.2. The fourth-order valence-corrected chi connectivity index (χ4v) is 5.73. The third kappa shape index (κ3) is 5.30. The van der Waals surface area contributed by atoms with E-state index in [1.807, 2.05) is 18.2 Å². The minimum atomic E-state index is -0.756. The molecule has 0 saturated heterocycles. The van der Waals surface area contributed by atoms with Crippen LogP contribution in [0.4, 0.5) is 5.82 Å². The van der Waals surface area contributed by atoms with Gasteiger partial charge in [0.2, 0.25) is 5.91 Å². The van der Waals surface area contributed by atoms with Crippen molar-refractivity contribution in [3.8, 4) is 0 Å². The van der Waals surface area contributed by atoms with Crippen molar-refractivity contribution in [3.63, 3.8) is 0 Å². The number of benzene rings is 1. The molecule has 0 bridgehead atoms. The number of aromatic nitrogens is 1. The van der Waals surface area contributed by atoms with Crippen LogP contribution in [0.2, 0.25) is 5.02 Å². The Bertz CT molecular complexity index is 1290. The highest BCUT2D eigenvalue weighted by Crippen LogP contribution is 2.34. The van der Waals surface area contributed by atoms with Crippen LogP contribution in [0.1, 0.15) is 43.4 Å². The number of aliphatic hydroxyl groups is 1. The lowest BCUT2D eigenvalue weighted by atomic mass is 9.78. The van der Waals surface area contributed by atoms with E-state index in [4.69, 9.17) is 16.0 Å². The molecule has 0 spiro atoms. The fraction of sp³-hybridized carbons (Fsp3) is 0.400. The van der Waals surface area contributed by atoms with Gasteiger partial charge in [-0.05, 0) is 74.4 Å². The highest BCUT2D eigenvalue weighted by atomic mass is 35.5. The molecule has 2 aromatic heterocycles. The van der Waals surface area contributed by atoms with Gasteiger partial charge in [-0.3, -0.25) is 4.79 Å². The van der Waals surface area contributed by atoms with Gasteiger partial charge in [0.15, 0.2) is 0 Å². The Hall–Kier alpha value is -2.39. The Kier molecular flexibility index (Phi) is 6.66. The first kappa shape index (κ1) is 23.4. The average molecular weight is 500 g/mol. The highest BCUT2D eigenvalue weighted by molar-refractivity contribution is 8.00. The first-order valence-electron chi connectivity index (χ1n) is 11.5. The molecule has 3 N–H and O–H groups in total. The molecule has 2 aliphatic rings. The van der Waals surface area contributed by atoms with E-state index in [0.717, 1.165) is 34.4 Å². The number of nitrogens with one attached hydrogen (secondary N) is 2. The summed E-state index contributed by atoms with van der Waals surface area (Å²) in [5.41, 5.74) is 1.13. The number of hydrogen-bond acceptors (Lipinski definition) is 7. The van der Waals surface area contributed by atoms with Gasteiger partial charge in [-0.25, -0.2) is 9.78 Å². The van der Waals surface area contributed by atoms with Crippen LogP contribution in [0.5, 0.6) is 0 Å². The number of carbonyl (C=O) groups excluding carboxylic acids is 1. The van der Waals surface area contributed by atoms with Crippen LogP contribution in [0.15, 0.2) is 50.5 Å². The van der Waals surface area contributed by atoms with Crippen molar-refractivity contribution < 1.29 is 14.3 Å². The molecule has 34 heavy (non-hydrogen) atoms. The topological polar surface area (TPSA) is 104 Å². The Morgan fingerprint density at radius 2 is 2.03 bits per heavy atom. The van der Waals surface area contributed by atoms with Crippen molar-refractivity contribution >= 4 is 46.1 Å². The molecular weight excluding hydrogens is 474 g/mol. The molecule has 0 unspecified atom stereocenters. The quantitative estimate of drug-likeness (QED) is 0.435. The van der Waals surface area contributed by atoms with Crippen molar-refractivity contribution in [2.24, 2.45) is 0 Å². The summed E-state index contributed by atoms with van der Waals surface area (Å²) in [6.45, 7) is 0.616. The predicted octanol–water partition coefficient (Wildman–Crippen LogP) is 4.28. The van der Waals surface area contributed by atoms with Gasteiger partial charge in [0, 0.05) is 29.1 Å². The molecule has 1 aliphatic carbocycles. The Balaban J connectivity index is 1.16. The summed E-state index contributed by atoms with van der Waals surface area (Å²) in [5.74, 6) is 1.05. The van der Waals surface area contributed by atoms with Crippen LogP contribution in [0, 0.1) is 0 Å². The van der Waals surface area contributed by atoms with Gasteiger partial charge in [-0.15, -0.1) is 11.8 Å². The lowest BCUT2D eigenvalue weighted by Gasteiger charge is -2.36. The summed E-state index contributed by atoms with van der Waals surface area (Å²) < 4.78 is 5.42. The first-order valence-corrected chi connectivity index (χ1v) is 12.8. The van der Waals surface area contributed by atoms with E-state index in [1.165, 1.54) is 17.8 Å². The van der Waals surface area contributed by atoms with Crippen LogP contribution >= 0.6 is 23.4 Å². The molecule has 3 aromatic rings. The van der Waals surface area contributed by atoms with Crippen molar-refractivity contribution in [1.82, 2.24) is 10.3 Å². The van der Waals surface area contributed by atoms with E-state index < -0.39 is 11.2 Å². The summed E-state index contributed by atoms with van der Waals surface area (Å²) >= 11 is 7.76.